The van der Waals surface area contributed by atoms with Crippen molar-refractivity contribution >= 4 is 21.9 Å². The maximum Gasteiger partial charge on any atom is 0.246 e. The van der Waals surface area contributed by atoms with Crippen LogP contribution in [0.1, 0.15) is 0 Å². The Labute approximate surface area is 235 Å². The summed E-state index contributed by atoms with van der Waals surface area (Å²) >= 11 is 0. The van der Waals surface area contributed by atoms with Gasteiger partial charge in [-0.25, -0.2) is 26.9 Å². The van der Waals surface area contributed by atoms with Crippen LogP contribution in [-0.2, 0) is 0 Å². The average molecular weight is 565 g/mol. The van der Waals surface area contributed by atoms with E-state index in [1.165, 1.54) is 12.1 Å². The second-order valence-electron chi connectivity index (χ2n) is 9.72. The summed E-state index contributed by atoms with van der Waals surface area (Å²) in [5.74, 6) is -9.41. The van der Waals surface area contributed by atoms with Crippen molar-refractivity contribution in [3.63, 3.8) is 0 Å². The van der Waals surface area contributed by atoms with Crippen molar-refractivity contribution in [1.29, 1.82) is 0 Å². The Morgan fingerprint density at radius 2 is 1.05 bits per heavy atom. The summed E-state index contributed by atoms with van der Waals surface area (Å²) in [5, 5.41) is 1.94. The van der Waals surface area contributed by atoms with Gasteiger partial charge in [0.25, 0.3) is 0 Å². The lowest BCUT2D eigenvalue weighted by atomic mass is 9.96. The van der Waals surface area contributed by atoms with Gasteiger partial charge in [0.2, 0.25) is 11.7 Å². The SMILES string of the molecule is Fc1c(F)c(F)c(-c2ccc(-c3ccc4cc(-c5ccc(-c6nc7ccccc7o6)nc5)ccc4c3)cc2)c(F)c1F. The van der Waals surface area contributed by atoms with Crippen LogP contribution in [-0.4, -0.2) is 9.97 Å². The van der Waals surface area contributed by atoms with Gasteiger partial charge < -0.3 is 4.42 Å². The van der Waals surface area contributed by atoms with E-state index < -0.39 is 34.6 Å². The predicted molar refractivity (Wildman–Crippen MR) is 151 cm³/mol. The third-order valence-corrected chi connectivity index (χ3v) is 7.17. The summed E-state index contributed by atoms with van der Waals surface area (Å²) in [6, 6.07) is 29.0. The molecule has 2 heterocycles. The van der Waals surface area contributed by atoms with Crippen LogP contribution in [0.5, 0.6) is 0 Å². The second-order valence-corrected chi connectivity index (χ2v) is 9.72. The van der Waals surface area contributed by atoms with Gasteiger partial charge in [0.15, 0.2) is 28.9 Å². The molecular weight excluding hydrogens is 547 g/mol. The number of halogens is 5. The summed E-state index contributed by atoms with van der Waals surface area (Å²) in [6.45, 7) is 0. The van der Waals surface area contributed by atoms with Crippen molar-refractivity contribution in [2.75, 3.05) is 0 Å². The molecule has 0 amide bonds. The Bertz CT molecular complexity index is 2080. The quantitative estimate of drug-likeness (QED) is 0.121. The topological polar surface area (TPSA) is 38.9 Å². The van der Waals surface area contributed by atoms with Gasteiger partial charge in [-0.15, -0.1) is 0 Å². The minimum absolute atomic E-state index is 0.118. The molecule has 0 aliphatic carbocycles. The zero-order chi connectivity index (χ0) is 29.0. The minimum Gasteiger partial charge on any atom is -0.435 e. The molecule has 0 saturated carbocycles. The highest BCUT2D eigenvalue weighted by Crippen LogP contribution is 2.34. The van der Waals surface area contributed by atoms with Gasteiger partial charge in [-0.3, -0.25) is 4.98 Å². The van der Waals surface area contributed by atoms with Crippen LogP contribution in [0.2, 0.25) is 0 Å². The zero-order valence-electron chi connectivity index (χ0n) is 21.5. The number of pyridine rings is 1. The first kappa shape index (κ1) is 25.6. The molecule has 5 aromatic carbocycles. The molecule has 0 saturated heterocycles. The smallest absolute Gasteiger partial charge is 0.246 e. The molecule has 8 heteroatoms. The number of hydrogen-bond donors (Lipinski definition) is 0. The Balaban J connectivity index is 1.15. The molecule has 0 aliphatic rings. The molecule has 0 bridgehead atoms. The third-order valence-electron chi connectivity index (χ3n) is 7.17. The summed E-state index contributed by atoms with van der Waals surface area (Å²) < 4.78 is 75.1. The molecule has 0 unspecified atom stereocenters. The zero-order valence-corrected chi connectivity index (χ0v) is 21.5. The van der Waals surface area contributed by atoms with Crippen LogP contribution in [0.4, 0.5) is 22.0 Å². The highest BCUT2D eigenvalue weighted by Gasteiger charge is 2.26. The third kappa shape index (κ3) is 4.28. The molecule has 204 valence electrons. The Morgan fingerprint density at radius 3 is 1.67 bits per heavy atom. The van der Waals surface area contributed by atoms with Crippen molar-refractivity contribution in [3.8, 4) is 45.0 Å². The largest absolute Gasteiger partial charge is 0.435 e. The average Bonchev–Trinajstić information content (AvgIpc) is 3.47. The Morgan fingerprint density at radius 1 is 0.500 bits per heavy atom. The van der Waals surface area contributed by atoms with Crippen molar-refractivity contribution in [3.05, 3.63) is 132 Å². The molecule has 2 aromatic heterocycles. The lowest BCUT2D eigenvalue weighted by molar-refractivity contribution is 0.381. The number of fused-ring (bicyclic) bond motifs is 2. The molecular formula is C34H17F5N2O. The molecule has 3 nitrogen and oxygen atoms in total. The lowest BCUT2D eigenvalue weighted by Crippen LogP contribution is -2.03. The number of benzene rings is 5. The van der Waals surface area contributed by atoms with Crippen molar-refractivity contribution in [1.82, 2.24) is 9.97 Å². The van der Waals surface area contributed by atoms with Crippen LogP contribution in [0.25, 0.3) is 66.8 Å². The van der Waals surface area contributed by atoms with Crippen molar-refractivity contribution in [2.24, 2.45) is 0 Å². The minimum atomic E-state index is -2.18. The lowest BCUT2D eigenvalue weighted by Gasteiger charge is -2.10. The molecule has 42 heavy (non-hydrogen) atoms. The molecule has 0 fully saturated rings. The van der Waals surface area contributed by atoms with E-state index in [9.17, 15) is 22.0 Å². The van der Waals surface area contributed by atoms with E-state index in [0.29, 0.717) is 22.7 Å². The number of para-hydroxylation sites is 2. The number of nitrogens with zero attached hydrogens (tertiary/aromatic N) is 2. The van der Waals surface area contributed by atoms with E-state index in [-0.39, 0.29) is 5.56 Å². The van der Waals surface area contributed by atoms with Gasteiger partial charge in [-0.1, -0.05) is 66.7 Å². The van der Waals surface area contributed by atoms with Gasteiger partial charge in [0.1, 0.15) is 11.2 Å². The normalized spacial score (nSPS) is 11.5. The maximum absolute atomic E-state index is 14.2. The number of aromatic nitrogens is 2. The molecule has 0 radical (unpaired) electrons. The van der Waals surface area contributed by atoms with E-state index in [2.05, 4.69) is 9.97 Å². The molecule has 0 atom stereocenters. The molecule has 0 N–H and O–H groups in total. The number of oxazole rings is 1. The Kier molecular flexibility index (Phi) is 6.04. The summed E-state index contributed by atoms with van der Waals surface area (Å²) in [6.07, 6.45) is 1.77. The highest BCUT2D eigenvalue weighted by atomic mass is 19.2. The van der Waals surface area contributed by atoms with Crippen LogP contribution in [0.15, 0.2) is 108 Å². The van der Waals surface area contributed by atoms with E-state index >= 15 is 0 Å². The van der Waals surface area contributed by atoms with Crippen LogP contribution >= 0.6 is 0 Å². The van der Waals surface area contributed by atoms with E-state index in [1.54, 1.807) is 18.3 Å². The highest BCUT2D eigenvalue weighted by molar-refractivity contribution is 5.91. The first-order chi connectivity index (χ1) is 20.4. The van der Waals surface area contributed by atoms with Gasteiger partial charge in [-0.2, -0.15) is 0 Å². The summed E-state index contributed by atoms with van der Waals surface area (Å²) in [4.78, 5) is 9.04. The fourth-order valence-corrected chi connectivity index (χ4v) is 4.97. The first-order valence-electron chi connectivity index (χ1n) is 12.9. The van der Waals surface area contributed by atoms with Gasteiger partial charge in [-0.05, 0) is 63.4 Å². The van der Waals surface area contributed by atoms with E-state index in [4.69, 9.17) is 4.42 Å². The van der Waals surface area contributed by atoms with E-state index in [0.717, 1.165) is 33.0 Å². The summed E-state index contributed by atoms with van der Waals surface area (Å²) in [7, 11) is 0. The fourth-order valence-electron chi connectivity index (χ4n) is 4.97. The van der Waals surface area contributed by atoms with Gasteiger partial charge in [0.05, 0.1) is 5.56 Å². The Hall–Kier alpha value is -5.37. The summed E-state index contributed by atoms with van der Waals surface area (Å²) in [5.41, 5.74) is 4.45. The molecule has 0 spiro atoms. The number of hydrogen-bond acceptors (Lipinski definition) is 3. The van der Waals surface area contributed by atoms with Crippen molar-refractivity contribution < 1.29 is 26.4 Å². The molecule has 7 rings (SSSR count). The number of rotatable bonds is 4. The maximum atomic E-state index is 14.2. The first-order valence-corrected chi connectivity index (χ1v) is 12.9. The van der Waals surface area contributed by atoms with Gasteiger partial charge >= 0.3 is 0 Å². The molecule has 0 aliphatic heterocycles. The predicted octanol–water partition coefficient (Wildman–Crippen LogP) is 9.74. The second kappa shape index (κ2) is 9.92. The monoisotopic (exact) mass is 564 g/mol. The fraction of sp³-hybridized carbons (Fsp3) is 0. The van der Waals surface area contributed by atoms with E-state index in [1.807, 2.05) is 72.8 Å². The van der Waals surface area contributed by atoms with Crippen LogP contribution in [0.3, 0.4) is 0 Å². The van der Waals surface area contributed by atoms with Crippen LogP contribution < -0.4 is 0 Å². The van der Waals surface area contributed by atoms with Crippen LogP contribution in [0, 0.1) is 29.1 Å². The molecule has 7 aromatic rings. The standard InChI is InChI=1S/C34H17F5N2O/c35-29-28(30(36)32(38)33(39)31(29)37)19-7-5-18(6-8-19)20-9-10-22-16-23(12-11-21(22)15-20)24-13-14-26(40-17-24)34-41-25-3-1-2-4-27(25)42-34/h1-17H. The van der Waals surface area contributed by atoms with Crippen molar-refractivity contribution in [2.45, 2.75) is 0 Å². The van der Waals surface area contributed by atoms with Gasteiger partial charge in [0, 0.05) is 11.8 Å².